The van der Waals surface area contributed by atoms with Crippen LogP contribution < -0.4 is 0 Å². The molecule has 15 heavy (non-hydrogen) atoms. The van der Waals surface area contributed by atoms with Crippen LogP contribution >= 0.6 is 0 Å². The lowest BCUT2D eigenvalue weighted by Crippen LogP contribution is -2.34. The molecule has 2 rings (SSSR count). The molecule has 1 aromatic carbocycles. The first-order valence-corrected chi connectivity index (χ1v) is 5.86. The Kier molecular flexibility index (Phi) is 2.05. The lowest BCUT2D eigenvalue weighted by atomic mass is 9.64. The summed E-state index contributed by atoms with van der Waals surface area (Å²) in [6, 6.07) is 4.79. The lowest BCUT2D eigenvalue weighted by molar-refractivity contribution is 0.449. The van der Waals surface area contributed by atoms with Crippen LogP contribution in [0.2, 0.25) is 0 Å². The Bertz CT molecular complexity index is 403. The van der Waals surface area contributed by atoms with Gasteiger partial charge in [-0.3, -0.25) is 0 Å². The van der Waals surface area contributed by atoms with Gasteiger partial charge in [0.25, 0.3) is 0 Å². The van der Waals surface area contributed by atoms with E-state index in [1.54, 1.807) is 11.1 Å². The van der Waals surface area contributed by atoms with Gasteiger partial charge in [0.1, 0.15) is 0 Å². The van der Waals surface area contributed by atoms with E-state index in [-0.39, 0.29) is 5.41 Å². The Morgan fingerprint density at radius 1 is 1.13 bits per heavy atom. The van der Waals surface area contributed by atoms with E-state index in [1.165, 1.54) is 17.5 Å². The van der Waals surface area contributed by atoms with Gasteiger partial charge in [-0.1, -0.05) is 46.8 Å². The molecule has 0 N–H and O–H groups in total. The molecule has 0 heterocycles. The molecule has 0 fully saturated rings. The Morgan fingerprint density at radius 3 is 2.20 bits per heavy atom. The molecular formula is C15H22. The molecule has 0 aromatic heterocycles. The zero-order chi connectivity index (χ0) is 11.4. The van der Waals surface area contributed by atoms with Gasteiger partial charge >= 0.3 is 0 Å². The van der Waals surface area contributed by atoms with Crippen molar-refractivity contribution in [3.05, 3.63) is 34.4 Å². The number of hydrogen-bond acceptors (Lipinski definition) is 0. The highest BCUT2D eigenvalue weighted by molar-refractivity contribution is 5.51. The van der Waals surface area contributed by atoms with Crippen LogP contribution in [0.4, 0.5) is 0 Å². The summed E-state index contributed by atoms with van der Waals surface area (Å²) in [5.74, 6) is 0. The zero-order valence-electron chi connectivity index (χ0n) is 10.9. The summed E-state index contributed by atoms with van der Waals surface area (Å²) >= 11 is 0. The van der Waals surface area contributed by atoms with Gasteiger partial charge in [0.05, 0.1) is 0 Å². The predicted molar refractivity (Wildman–Crippen MR) is 66.6 cm³/mol. The summed E-state index contributed by atoms with van der Waals surface area (Å²) < 4.78 is 0. The van der Waals surface area contributed by atoms with E-state index in [9.17, 15) is 0 Å². The van der Waals surface area contributed by atoms with Gasteiger partial charge < -0.3 is 0 Å². The van der Waals surface area contributed by atoms with Crippen molar-refractivity contribution >= 4 is 0 Å². The average Bonchev–Trinajstić information content (AvgIpc) is 2.05. The van der Waals surface area contributed by atoms with Crippen LogP contribution in [-0.2, 0) is 17.3 Å². The van der Waals surface area contributed by atoms with Crippen molar-refractivity contribution in [2.75, 3.05) is 0 Å². The summed E-state index contributed by atoms with van der Waals surface area (Å²) in [4.78, 5) is 0. The number of rotatable bonds is 0. The van der Waals surface area contributed by atoms with Crippen molar-refractivity contribution in [2.24, 2.45) is 0 Å². The standard InChI is InChI=1S/C15H22/c1-10-7-11(14(2,3)4)8-13-12(10)9-15(13,5)6/h7-8H,9H2,1-6H3. The van der Waals surface area contributed by atoms with Gasteiger partial charge in [-0.2, -0.15) is 0 Å². The molecular weight excluding hydrogens is 180 g/mol. The summed E-state index contributed by atoms with van der Waals surface area (Å²) in [6.07, 6.45) is 1.25. The van der Waals surface area contributed by atoms with Gasteiger partial charge in [0.15, 0.2) is 0 Å². The molecule has 0 bridgehead atoms. The van der Waals surface area contributed by atoms with E-state index in [0.717, 1.165) is 0 Å². The summed E-state index contributed by atoms with van der Waals surface area (Å²) in [5, 5.41) is 0. The van der Waals surface area contributed by atoms with Gasteiger partial charge in [0.2, 0.25) is 0 Å². The highest BCUT2D eigenvalue weighted by Gasteiger charge is 2.35. The number of fused-ring (bicyclic) bond motifs is 1. The van der Waals surface area contributed by atoms with E-state index in [1.807, 2.05) is 0 Å². The Morgan fingerprint density at radius 2 is 1.73 bits per heavy atom. The second-order valence-electron chi connectivity index (χ2n) is 6.63. The van der Waals surface area contributed by atoms with Crippen LogP contribution in [0.5, 0.6) is 0 Å². The van der Waals surface area contributed by atoms with Crippen LogP contribution in [0.15, 0.2) is 12.1 Å². The number of hydrogen-bond donors (Lipinski definition) is 0. The molecule has 0 heteroatoms. The molecule has 0 saturated heterocycles. The largest absolute Gasteiger partial charge is 0.0561 e. The molecule has 0 aliphatic heterocycles. The molecule has 0 unspecified atom stereocenters. The summed E-state index contributed by atoms with van der Waals surface area (Å²) in [5.41, 5.74) is 6.80. The minimum absolute atomic E-state index is 0.269. The second-order valence-corrected chi connectivity index (χ2v) is 6.63. The predicted octanol–water partition coefficient (Wildman–Crippen LogP) is 4.13. The molecule has 0 nitrogen and oxygen atoms in total. The minimum Gasteiger partial charge on any atom is -0.0561 e. The zero-order valence-corrected chi connectivity index (χ0v) is 10.9. The van der Waals surface area contributed by atoms with Crippen LogP contribution in [0.1, 0.15) is 56.9 Å². The van der Waals surface area contributed by atoms with Crippen molar-refractivity contribution in [3.8, 4) is 0 Å². The topological polar surface area (TPSA) is 0 Å². The molecule has 0 atom stereocenters. The molecule has 0 amide bonds. The third-order valence-electron chi connectivity index (χ3n) is 3.69. The smallest absolute Gasteiger partial charge is 0.00601 e. The van der Waals surface area contributed by atoms with Crippen molar-refractivity contribution in [1.82, 2.24) is 0 Å². The van der Waals surface area contributed by atoms with Crippen molar-refractivity contribution in [3.63, 3.8) is 0 Å². The minimum atomic E-state index is 0.269. The maximum Gasteiger partial charge on any atom is -0.00601 e. The molecule has 1 aliphatic rings. The van der Waals surface area contributed by atoms with E-state index in [4.69, 9.17) is 0 Å². The molecule has 0 saturated carbocycles. The van der Waals surface area contributed by atoms with Crippen molar-refractivity contribution < 1.29 is 0 Å². The van der Waals surface area contributed by atoms with E-state index in [2.05, 4.69) is 53.7 Å². The molecule has 1 aromatic rings. The Hall–Kier alpha value is -0.780. The van der Waals surface area contributed by atoms with E-state index < -0.39 is 0 Å². The maximum atomic E-state index is 2.42. The average molecular weight is 202 g/mol. The summed E-state index contributed by atoms with van der Waals surface area (Å²) in [7, 11) is 0. The number of benzene rings is 1. The SMILES string of the molecule is Cc1cc(C(C)(C)C)cc2c1CC2(C)C. The van der Waals surface area contributed by atoms with Crippen LogP contribution in [0, 0.1) is 6.92 Å². The van der Waals surface area contributed by atoms with E-state index >= 15 is 0 Å². The van der Waals surface area contributed by atoms with E-state index in [0.29, 0.717) is 5.41 Å². The van der Waals surface area contributed by atoms with Gasteiger partial charge in [-0.05, 0) is 46.4 Å². The fourth-order valence-corrected chi connectivity index (χ4v) is 2.52. The molecule has 0 radical (unpaired) electrons. The third kappa shape index (κ3) is 1.60. The van der Waals surface area contributed by atoms with Crippen molar-refractivity contribution in [2.45, 2.75) is 58.8 Å². The fraction of sp³-hybridized carbons (Fsp3) is 0.600. The van der Waals surface area contributed by atoms with Crippen LogP contribution in [0.3, 0.4) is 0 Å². The first kappa shape index (κ1) is 10.7. The highest BCUT2D eigenvalue weighted by atomic mass is 14.4. The van der Waals surface area contributed by atoms with Gasteiger partial charge in [0, 0.05) is 0 Å². The highest BCUT2D eigenvalue weighted by Crippen LogP contribution is 2.44. The van der Waals surface area contributed by atoms with Crippen LogP contribution in [0.25, 0.3) is 0 Å². The second kappa shape index (κ2) is 2.87. The molecule has 82 valence electrons. The first-order chi connectivity index (χ1) is 6.72. The first-order valence-electron chi connectivity index (χ1n) is 5.86. The lowest BCUT2D eigenvalue weighted by Gasteiger charge is -2.41. The third-order valence-corrected chi connectivity index (χ3v) is 3.69. The van der Waals surface area contributed by atoms with Gasteiger partial charge in [-0.25, -0.2) is 0 Å². The Labute approximate surface area is 93.7 Å². The van der Waals surface area contributed by atoms with Crippen molar-refractivity contribution in [1.29, 1.82) is 0 Å². The Balaban J connectivity index is 2.56. The maximum absolute atomic E-state index is 2.42. The quantitative estimate of drug-likeness (QED) is 0.593. The molecule has 0 spiro atoms. The fourth-order valence-electron chi connectivity index (χ4n) is 2.52. The summed E-state index contributed by atoms with van der Waals surface area (Å²) in [6.45, 7) is 13.8. The normalized spacial score (nSPS) is 18.3. The van der Waals surface area contributed by atoms with Gasteiger partial charge in [-0.15, -0.1) is 0 Å². The number of aryl methyl sites for hydroxylation is 1. The molecule has 1 aliphatic carbocycles. The van der Waals surface area contributed by atoms with Crippen LogP contribution in [-0.4, -0.2) is 0 Å². The monoisotopic (exact) mass is 202 g/mol.